The zero-order chi connectivity index (χ0) is 11.8. The van der Waals surface area contributed by atoms with Gasteiger partial charge in [-0.25, -0.2) is 0 Å². The number of aromatic nitrogens is 1. The summed E-state index contributed by atoms with van der Waals surface area (Å²) in [5.74, 6) is 0. The molecule has 1 heterocycles. The molecular formula is C14H8ClNO. The van der Waals surface area contributed by atoms with Crippen LogP contribution in [-0.4, -0.2) is 4.98 Å². The van der Waals surface area contributed by atoms with Crippen LogP contribution < -0.4 is 5.43 Å². The van der Waals surface area contributed by atoms with Gasteiger partial charge in [0.15, 0.2) is 0 Å². The number of nitrogens with zero attached hydrogens (tertiary/aromatic N) is 1. The van der Waals surface area contributed by atoms with Gasteiger partial charge in [0, 0.05) is 17.0 Å². The average molecular weight is 242 g/mol. The van der Waals surface area contributed by atoms with E-state index in [0.29, 0.717) is 15.9 Å². The Labute approximate surface area is 102 Å². The first-order valence-electron chi connectivity index (χ1n) is 5.23. The van der Waals surface area contributed by atoms with E-state index in [4.69, 9.17) is 11.6 Å². The summed E-state index contributed by atoms with van der Waals surface area (Å²) in [6.07, 6.45) is 1.50. The Bertz CT molecular complexity index is 783. The van der Waals surface area contributed by atoms with Crippen molar-refractivity contribution in [3.8, 4) is 0 Å². The van der Waals surface area contributed by atoms with Crippen molar-refractivity contribution >= 4 is 33.3 Å². The molecule has 2 aromatic carbocycles. The smallest absolute Gasteiger partial charge is 0.212 e. The van der Waals surface area contributed by atoms with Crippen LogP contribution in [0.4, 0.5) is 0 Å². The molecule has 82 valence electrons. The fourth-order valence-electron chi connectivity index (χ4n) is 1.93. The molecule has 0 amide bonds. The highest BCUT2D eigenvalue weighted by molar-refractivity contribution is 6.31. The van der Waals surface area contributed by atoms with Crippen molar-refractivity contribution in [1.29, 1.82) is 0 Å². The number of hydrogen-bond donors (Lipinski definition) is 0. The first-order chi connectivity index (χ1) is 8.25. The van der Waals surface area contributed by atoms with Crippen molar-refractivity contribution < 1.29 is 0 Å². The van der Waals surface area contributed by atoms with Gasteiger partial charge in [-0.15, -0.1) is 0 Å². The predicted molar refractivity (Wildman–Crippen MR) is 70.5 cm³/mol. The second-order valence-corrected chi connectivity index (χ2v) is 4.28. The van der Waals surface area contributed by atoms with Crippen molar-refractivity contribution in [1.82, 2.24) is 4.98 Å². The quantitative estimate of drug-likeness (QED) is 0.604. The van der Waals surface area contributed by atoms with Gasteiger partial charge in [-0.2, -0.15) is 0 Å². The third-order valence-corrected chi connectivity index (χ3v) is 2.95. The van der Waals surface area contributed by atoms with Crippen LogP contribution in [0.25, 0.3) is 21.7 Å². The molecule has 0 fully saturated rings. The number of halogens is 1. The molecular weight excluding hydrogens is 234 g/mol. The van der Waals surface area contributed by atoms with E-state index in [1.54, 1.807) is 6.07 Å². The highest BCUT2D eigenvalue weighted by Gasteiger charge is 2.03. The van der Waals surface area contributed by atoms with Gasteiger partial charge in [0.25, 0.3) is 0 Å². The fourth-order valence-corrected chi connectivity index (χ4v) is 2.09. The highest BCUT2D eigenvalue weighted by atomic mass is 35.5. The molecule has 3 aromatic rings. The Morgan fingerprint density at radius 1 is 1.00 bits per heavy atom. The lowest BCUT2D eigenvalue weighted by Crippen LogP contribution is -2.00. The lowest BCUT2D eigenvalue weighted by atomic mass is 10.2. The number of fused-ring (bicyclic) bond motifs is 2. The Kier molecular flexibility index (Phi) is 2.30. The van der Waals surface area contributed by atoms with Crippen LogP contribution in [0.15, 0.2) is 53.5 Å². The second-order valence-electron chi connectivity index (χ2n) is 3.84. The van der Waals surface area contributed by atoms with E-state index in [1.165, 1.54) is 6.20 Å². The molecule has 0 aliphatic rings. The van der Waals surface area contributed by atoms with E-state index >= 15 is 0 Å². The van der Waals surface area contributed by atoms with Gasteiger partial charge in [-0.1, -0.05) is 48.0 Å². The van der Waals surface area contributed by atoms with Gasteiger partial charge in [0.05, 0.1) is 5.02 Å². The molecule has 0 saturated heterocycles. The van der Waals surface area contributed by atoms with Gasteiger partial charge in [0.2, 0.25) is 5.43 Å². The first-order valence-corrected chi connectivity index (χ1v) is 5.61. The lowest BCUT2D eigenvalue weighted by Gasteiger charge is -1.91. The monoisotopic (exact) mass is 241 g/mol. The molecule has 0 bridgehead atoms. The summed E-state index contributed by atoms with van der Waals surface area (Å²) in [5.41, 5.74) is 0.396. The zero-order valence-corrected chi connectivity index (χ0v) is 9.61. The van der Waals surface area contributed by atoms with Crippen LogP contribution in [0, 0.1) is 0 Å². The van der Waals surface area contributed by atoms with Gasteiger partial charge in [-0.3, -0.25) is 9.78 Å². The minimum atomic E-state index is -0.0581. The van der Waals surface area contributed by atoms with Crippen LogP contribution >= 0.6 is 11.6 Å². The van der Waals surface area contributed by atoms with Gasteiger partial charge >= 0.3 is 0 Å². The Balaban J connectivity index is 2.63. The molecule has 0 spiro atoms. The normalized spacial score (nSPS) is 10.9. The van der Waals surface area contributed by atoms with Crippen LogP contribution in [0.2, 0.25) is 5.02 Å². The third kappa shape index (κ3) is 1.67. The molecule has 3 rings (SSSR count). The maximum absolute atomic E-state index is 12.3. The summed E-state index contributed by atoms with van der Waals surface area (Å²) in [7, 11) is 0. The number of benzene rings is 1. The van der Waals surface area contributed by atoms with Crippen molar-refractivity contribution in [2.45, 2.75) is 0 Å². The lowest BCUT2D eigenvalue weighted by molar-refractivity contribution is 1.41. The largest absolute Gasteiger partial charge is 0.287 e. The fraction of sp³-hybridized carbons (Fsp3) is 0. The predicted octanol–water partition coefficient (Wildman–Crippen LogP) is 3.40. The Morgan fingerprint density at radius 3 is 2.65 bits per heavy atom. The van der Waals surface area contributed by atoms with Gasteiger partial charge in [0.1, 0.15) is 5.52 Å². The summed E-state index contributed by atoms with van der Waals surface area (Å²) < 4.78 is 0. The van der Waals surface area contributed by atoms with E-state index in [2.05, 4.69) is 4.98 Å². The van der Waals surface area contributed by atoms with Crippen molar-refractivity contribution in [2.75, 3.05) is 0 Å². The summed E-state index contributed by atoms with van der Waals surface area (Å²) in [6, 6.07) is 13.0. The number of rotatable bonds is 0. The minimum Gasteiger partial charge on any atom is -0.287 e. The summed E-state index contributed by atoms with van der Waals surface area (Å²) in [4.78, 5) is 16.4. The van der Waals surface area contributed by atoms with Crippen molar-refractivity contribution in [3.63, 3.8) is 0 Å². The van der Waals surface area contributed by atoms with Crippen LogP contribution in [-0.2, 0) is 0 Å². The molecule has 3 heteroatoms. The number of hydrogen-bond acceptors (Lipinski definition) is 2. The number of pyridine rings is 1. The van der Waals surface area contributed by atoms with Crippen LogP contribution in [0.3, 0.4) is 0 Å². The molecule has 0 unspecified atom stereocenters. The van der Waals surface area contributed by atoms with E-state index < -0.39 is 0 Å². The first kappa shape index (κ1) is 10.2. The SMILES string of the molecule is O=c1c2ccccc2ccc2cc(Cl)cnc12. The standard InChI is InChI=1S/C14H8ClNO/c15-11-7-10-6-5-9-3-1-2-4-12(9)14(17)13(10)16-8-11/h1-8H. The Morgan fingerprint density at radius 2 is 1.76 bits per heavy atom. The third-order valence-electron chi connectivity index (χ3n) is 2.75. The maximum atomic E-state index is 12.3. The van der Waals surface area contributed by atoms with Gasteiger partial charge in [-0.05, 0) is 11.5 Å². The molecule has 0 radical (unpaired) electrons. The molecule has 0 aliphatic heterocycles. The van der Waals surface area contributed by atoms with Crippen LogP contribution in [0.1, 0.15) is 0 Å². The molecule has 0 aliphatic carbocycles. The summed E-state index contributed by atoms with van der Waals surface area (Å²) in [6.45, 7) is 0. The van der Waals surface area contributed by atoms with Crippen molar-refractivity contribution in [3.05, 3.63) is 63.9 Å². The van der Waals surface area contributed by atoms with E-state index in [9.17, 15) is 4.79 Å². The van der Waals surface area contributed by atoms with Gasteiger partial charge < -0.3 is 0 Å². The second kappa shape index (κ2) is 3.82. The minimum absolute atomic E-state index is 0.0581. The molecule has 0 N–H and O–H groups in total. The van der Waals surface area contributed by atoms with Crippen molar-refractivity contribution in [2.24, 2.45) is 0 Å². The summed E-state index contributed by atoms with van der Waals surface area (Å²) >= 11 is 5.88. The Hall–Kier alpha value is -1.93. The highest BCUT2D eigenvalue weighted by Crippen LogP contribution is 2.16. The van der Waals surface area contributed by atoms with E-state index in [0.717, 1.165) is 10.8 Å². The zero-order valence-electron chi connectivity index (χ0n) is 8.85. The van der Waals surface area contributed by atoms with E-state index in [1.807, 2.05) is 36.4 Å². The maximum Gasteiger partial charge on any atom is 0.212 e. The molecule has 17 heavy (non-hydrogen) atoms. The van der Waals surface area contributed by atoms with E-state index in [-0.39, 0.29) is 5.43 Å². The van der Waals surface area contributed by atoms with Crippen LogP contribution in [0.5, 0.6) is 0 Å². The molecule has 0 saturated carbocycles. The summed E-state index contributed by atoms with van der Waals surface area (Å²) in [5, 5.41) is 2.88. The molecule has 2 nitrogen and oxygen atoms in total. The topological polar surface area (TPSA) is 30.0 Å². The molecule has 1 aromatic heterocycles. The molecule has 0 atom stereocenters. The average Bonchev–Trinajstić information content (AvgIpc) is 2.48.